The van der Waals surface area contributed by atoms with Crippen LogP contribution in [0.3, 0.4) is 0 Å². The van der Waals surface area contributed by atoms with Crippen LogP contribution >= 0.6 is 0 Å². The molecule has 0 aromatic carbocycles. The van der Waals surface area contributed by atoms with Crippen LogP contribution in [0.25, 0.3) is 0 Å². The average Bonchev–Trinajstić information content (AvgIpc) is 2.33. The van der Waals surface area contributed by atoms with Crippen molar-refractivity contribution in [2.24, 2.45) is 0 Å². The molecule has 1 aromatic heterocycles. The molecule has 5 nitrogen and oxygen atoms in total. The fraction of sp³-hybridized carbons (Fsp3) is 0.667. The maximum absolute atomic E-state index is 5.29. The topological polar surface area (TPSA) is 59.1 Å². The van der Waals surface area contributed by atoms with Crippen molar-refractivity contribution >= 4 is 11.6 Å². The van der Waals surface area contributed by atoms with E-state index in [4.69, 9.17) is 4.74 Å². The Balaban J connectivity index is 2.76. The van der Waals surface area contributed by atoms with Crippen LogP contribution in [-0.4, -0.2) is 36.8 Å². The van der Waals surface area contributed by atoms with Crippen LogP contribution in [0.4, 0.5) is 11.6 Å². The quantitative estimate of drug-likeness (QED) is 0.712. The molecule has 5 heteroatoms. The second kappa shape index (κ2) is 7.06. The summed E-state index contributed by atoms with van der Waals surface area (Å²) in [6.07, 6.45) is 1.57. The summed E-state index contributed by atoms with van der Waals surface area (Å²) in [6, 6.07) is 0. The van der Waals surface area contributed by atoms with Gasteiger partial charge in [0.25, 0.3) is 0 Å². The molecule has 1 aromatic rings. The van der Waals surface area contributed by atoms with Crippen molar-refractivity contribution in [3.8, 4) is 0 Å². The highest BCUT2D eigenvalue weighted by atomic mass is 16.5. The lowest BCUT2D eigenvalue weighted by Gasteiger charge is -2.16. The van der Waals surface area contributed by atoms with E-state index < -0.39 is 0 Å². The van der Waals surface area contributed by atoms with Crippen LogP contribution in [0.15, 0.2) is 6.33 Å². The van der Waals surface area contributed by atoms with Crippen LogP contribution in [0.1, 0.15) is 32.3 Å². The molecule has 1 heterocycles. The molecule has 0 spiro atoms. The molecular weight excluding hydrogens is 216 g/mol. The Morgan fingerprint density at radius 3 is 2.59 bits per heavy atom. The number of anilines is 2. The van der Waals surface area contributed by atoms with Gasteiger partial charge in [-0.3, -0.25) is 0 Å². The second-order valence-electron chi connectivity index (χ2n) is 4.01. The lowest BCUT2D eigenvalue weighted by atomic mass is 10.0. The van der Waals surface area contributed by atoms with Crippen molar-refractivity contribution in [2.45, 2.75) is 26.7 Å². The van der Waals surface area contributed by atoms with Gasteiger partial charge in [0, 0.05) is 25.8 Å². The van der Waals surface area contributed by atoms with Crippen molar-refractivity contribution in [1.82, 2.24) is 9.97 Å². The van der Waals surface area contributed by atoms with E-state index in [1.54, 1.807) is 6.33 Å². The summed E-state index contributed by atoms with van der Waals surface area (Å²) in [4.78, 5) is 8.52. The minimum absolute atomic E-state index is 0.369. The van der Waals surface area contributed by atoms with E-state index in [9.17, 15) is 0 Å². The Labute approximate surface area is 103 Å². The molecular formula is C12H22N4O. The Kier molecular flexibility index (Phi) is 5.69. The van der Waals surface area contributed by atoms with Crippen LogP contribution in [-0.2, 0) is 4.74 Å². The SMILES string of the molecule is CCOCCNc1ncnc(NC)c1C(C)C. The summed E-state index contributed by atoms with van der Waals surface area (Å²) in [5.74, 6) is 2.14. The molecule has 17 heavy (non-hydrogen) atoms. The molecule has 96 valence electrons. The smallest absolute Gasteiger partial charge is 0.135 e. The maximum Gasteiger partial charge on any atom is 0.135 e. The van der Waals surface area contributed by atoms with Crippen LogP contribution < -0.4 is 10.6 Å². The van der Waals surface area contributed by atoms with Gasteiger partial charge in [0.1, 0.15) is 18.0 Å². The van der Waals surface area contributed by atoms with Crippen LogP contribution in [0.2, 0.25) is 0 Å². The zero-order chi connectivity index (χ0) is 12.7. The van der Waals surface area contributed by atoms with E-state index in [2.05, 4.69) is 34.4 Å². The van der Waals surface area contributed by atoms with Crippen molar-refractivity contribution in [1.29, 1.82) is 0 Å². The van der Waals surface area contributed by atoms with E-state index in [1.807, 2.05) is 14.0 Å². The third-order valence-corrected chi connectivity index (χ3v) is 2.44. The van der Waals surface area contributed by atoms with Gasteiger partial charge < -0.3 is 15.4 Å². The first-order chi connectivity index (χ1) is 8.20. The number of aromatic nitrogens is 2. The number of hydrogen-bond donors (Lipinski definition) is 2. The summed E-state index contributed by atoms with van der Waals surface area (Å²) >= 11 is 0. The van der Waals surface area contributed by atoms with E-state index in [-0.39, 0.29) is 0 Å². The standard InChI is InChI=1S/C12H22N4O/c1-5-17-7-6-14-12-10(9(2)3)11(13-4)15-8-16-12/h8-9H,5-7H2,1-4H3,(H2,13,14,15,16). The summed E-state index contributed by atoms with van der Waals surface area (Å²) in [7, 11) is 1.87. The Morgan fingerprint density at radius 2 is 2.00 bits per heavy atom. The lowest BCUT2D eigenvalue weighted by Crippen LogP contribution is -2.14. The lowest BCUT2D eigenvalue weighted by molar-refractivity contribution is 0.158. The minimum Gasteiger partial charge on any atom is -0.380 e. The van der Waals surface area contributed by atoms with Crippen molar-refractivity contribution in [3.05, 3.63) is 11.9 Å². The van der Waals surface area contributed by atoms with E-state index >= 15 is 0 Å². The summed E-state index contributed by atoms with van der Waals surface area (Å²) in [5, 5.41) is 6.38. The Hall–Kier alpha value is -1.36. The zero-order valence-electron chi connectivity index (χ0n) is 11.1. The van der Waals surface area contributed by atoms with Gasteiger partial charge in [-0.2, -0.15) is 0 Å². The molecule has 1 rings (SSSR count). The molecule has 0 bridgehead atoms. The predicted molar refractivity (Wildman–Crippen MR) is 70.7 cm³/mol. The molecule has 2 N–H and O–H groups in total. The Bertz CT molecular complexity index is 341. The molecule has 0 atom stereocenters. The third-order valence-electron chi connectivity index (χ3n) is 2.44. The van der Waals surface area contributed by atoms with Gasteiger partial charge in [0.2, 0.25) is 0 Å². The fourth-order valence-electron chi connectivity index (χ4n) is 1.67. The van der Waals surface area contributed by atoms with Crippen molar-refractivity contribution in [2.75, 3.05) is 37.4 Å². The number of nitrogens with zero attached hydrogens (tertiary/aromatic N) is 2. The summed E-state index contributed by atoms with van der Waals surface area (Å²) in [6.45, 7) is 8.44. The van der Waals surface area contributed by atoms with Gasteiger partial charge in [-0.25, -0.2) is 9.97 Å². The summed E-state index contributed by atoms with van der Waals surface area (Å²) < 4.78 is 5.29. The first kappa shape index (κ1) is 13.7. The van der Waals surface area contributed by atoms with Gasteiger partial charge in [0.15, 0.2) is 0 Å². The Morgan fingerprint density at radius 1 is 1.29 bits per heavy atom. The van der Waals surface area contributed by atoms with Gasteiger partial charge in [-0.15, -0.1) is 0 Å². The van der Waals surface area contributed by atoms with Gasteiger partial charge in [0.05, 0.1) is 6.61 Å². The van der Waals surface area contributed by atoms with Crippen LogP contribution in [0, 0.1) is 0 Å². The third kappa shape index (κ3) is 3.85. The van der Waals surface area contributed by atoms with Gasteiger partial charge in [-0.05, 0) is 12.8 Å². The monoisotopic (exact) mass is 238 g/mol. The molecule has 0 fully saturated rings. The largest absolute Gasteiger partial charge is 0.380 e. The second-order valence-corrected chi connectivity index (χ2v) is 4.01. The zero-order valence-corrected chi connectivity index (χ0v) is 11.1. The van der Waals surface area contributed by atoms with Gasteiger partial charge in [-0.1, -0.05) is 13.8 Å². The highest BCUT2D eigenvalue weighted by molar-refractivity contribution is 5.58. The number of hydrogen-bond acceptors (Lipinski definition) is 5. The molecule has 0 amide bonds. The minimum atomic E-state index is 0.369. The number of ether oxygens (including phenoxy) is 1. The van der Waals surface area contributed by atoms with Crippen molar-refractivity contribution in [3.63, 3.8) is 0 Å². The molecule has 0 saturated carbocycles. The molecule has 0 aliphatic carbocycles. The first-order valence-corrected chi connectivity index (χ1v) is 6.04. The van der Waals surface area contributed by atoms with Gasteiger partial charge >= 0.3 is 0 Å². The average molecular weight is 238 g/mol. The number of nitrogens with one attached hydrogen (secondary N) is 2. The molecule has 0 saturated heterocycles. The van der Waals surface area contributed by atoms with Crippen molar-refractivity contribution < 1.29 is 4.74 Å². The predicted octanol–water partition coefficient (Wildman–Crippen LogP) is 2.09. The molecule has 0 aliphatic rings. The summed E-state index contributed by atoms with van der Waals surface area (Å²) in [5.41, 5.74) is 1.12. The highest BCUT2D eigenvalue weighted by Crippen LogP contribution is 2.27. The van der Waals surface area contributed by atoms with Crippen LogP contribution in [0.5, 0.6) is 0 Å². The first-order valence-electron chi connectivity index (χ1n) is 6.04. The highest BCUT2D eigenvalue weighted by Gasteiger charge is 2.13. The van der Waals surface area contributed by atoms with E-state index in [0.29, 0.717) is 12.5 Å². The van der Waals surface area contributed by atoms with E-state index in [0.717, 1.165) is 30.4 Å². The normalized spacial score (nSPS) is 10.6. The molecule has 0 aliphatic heterocycles. The molecule has 0 radical (unpaired) electrons. The fourth-order valence-corrected chi connectivity index (χ4v) is 1.67. The maximum atomic E-state index is 5.29. The number of rotatable bonds is 7. The van der Waals surface area contributed by atoms with E-state index in [1.165, 1.54) is 0 Å². The molecule has 0 unspecified atom stereocenters.